The van der Waals surface area contributed by atoms with Crippen molar-refractivity contribution in [3.8, 4) is 0 Å². The standard InChI is InChI=1S/C24H30N4O/c1-25-23(26-16-18-15-22(29)28-21-12-6-5-11-20(18)21)27-17-24(13-7-8-14-24)19-9-3-2-4-10-19/h2-6,9-12,18H,7-8,13-17H2,1H3,(H,28,29)(H2,25,26,27). The van der Waals surface area contributed by atoms with E-state index < -0.39 is 0 Å². The molecule has 1 saturated carbocycles. The Kier molecular flexibility index (Phi) is 5.84. The van der Waals surface area contributed by atoms with Crippen LogP contribution in [0.15, 0.2) is 59.6 Å². The van der Waals surface area contributed by atoms with Crippen LogP contribution in [0.25, 0.3) is 0 Å². The molecule has 1 amide bonds. The molecule has 2 aromatic rings. The first-order valence-corrected chi connectivity index (χ1v) is 10.6. The van der Waals surface area contributed by atoms with E-state index in [9.17, 15) is 4.79 Å². The minimum absolute atomic E-state index is 0.0763. The van der Waals surface area contributed by atoms with Crippen LogP contribution in [-0.4, -0.2) is 32.0 Å². The SMILES string of the molecule is CN=C(NCC1CC(=O)Nc2ccccc21)NCC1(c2ccccc2)CCCC1. The van der Waals surface area contributed by atoms with Gasteiger partial charge in [0.15, 0.2) is 5.96 Å². The summed E-state index contributed by atoms with van der Waals surface area (Å²) < 4.78 is 0. The molecule has 1 aliphatic carbocycles. The maximum absolute atomic E-state index is 12.1. The summed E-state index contributed by atoms with van der Waals surface area (Å²) in [4.78, 5) is 16.5. The van der Waals surface area contributed by atoms with Crippen LogP contribution in [0.3, 0.4) is 0 Å². The first kappa shape index (κ1) is 19.5. The summed E-state index contributed by atoms with van der Waals surface area (Å²) in [5, 5.41) is 9.98. The van der Waals surface area contributed by atoms with Crippen molar-refractivity contribution in [3.05, 3.63) is 65.7 Å². The lowest BCUT2D eigenvalue weighted by Crippen LogP contribution is -2.46. The molecule has 29 heavy (non-hydrogen) atoms. The van der Waals surface area contributed by atoms with Crippen molar-refractivity contribution >= 4 is 17.6 Å². The predicted molar refractivity (Wildman–Crippen MR) is 118 cm³/mol. The number of hydrogen-bond acceptors (Lipinski definition) is 2. The van der Waals surface area contributed by atoms with Gasteiger partial charge in [0.2, 0.25) is 5.91 Å². The van der Waals surface area contributed by atoms with Gasteiger partial charge in [-0.1, -0.05) is 61.4 Å². The van der Waals surface area contributed by atoms with Crippen LogP contribution in [0.2, 0.25) is 0 Å². The second-order valence-electron chi connectivity index (χ2n) is 8.20. The zero-order valence-corrected chi connectivity index (χ0v) is 17.1. The molecule has 0 saturated heterocycles. The third-order valence-corrected chi connectivity index (χ3v) is 6.39. The monoisotopic (exact) mass is 390 g/mol. The third-order valence-electron chi connectivity index (χ3n) is 6.39. The number of aliphatic imine (C=N–C) groups is 1. The Morgan fingerprint density at radius 3 is 2.55 bits per heavy atom. The van der Waals surface area contributed by atoms with Gasteiger partial charge in [-0.05, 0) is 30.0 Å². The molecule has 5 heteroatoms. The van der Waals surface area contributed by atoms with Gasteiger partial charge >= 0.3 is 0 Å². The molecule has 0 bridgehead atoms. The topological polar surface area (TPSA) is 65.5 Å². The molecule has 152 valence electrons. The van der Waals surface area contributed by atoms with Gasteiger partial charge in [-0.15, -0.1) is 0 Å². The van der Waals surface area contributed by atoms with Crippen molar-refractivity contribution in [2.75, 3.05) is 25.5 Å². The zero-order chi connectivity index (χ0) is 20.1. The lowest BCUT2D eigenvalue weighted by Gasteiger charge is -2.31. The van der Waals surface area contributed by atoms with Crippen LogP contribution in [0, 0.1) is 0 Å². The van der Waals surface area contributed by atoms with Gasteiger partial charge in [0, 0.05) is 43.6 Å². The molecule has 1 heterocycles. The molecule has 2 aromatic carbocycles. The summed E-state index contributed by atoms with van der Waals surface area (Å²) in [6.07, 6.45) is 5.45. The number of benzene rings is 2. The van der Waals surface area contributed by atoms with Crippen molar-refractivity contribution in [2.45, 2.75) is 43.4 Å². The number of nitrogens with one attached hydrogen (secondary N) is 3. The number of carbonyl (C=O) groups excluding carboxylic acids is 1. The molecular weight excluding hydrogens is 360 g/mol. The van der Waals surface area contributed by atoms with E-state index in [1.807, 2.05) is 18.2 Å². The van der Waals surface area contributed by atoms with Gasteiger partial charge < -0.3 is 16.0 Å². The second kappa shape index (κ2) is 8.68. The average Bonchev–Trinajstić information content (AvgIpc) is 3.24. The van der Waals surface area contributed by atoms with E-state index in [4.69, 9.17) is 0 Å². The van der Waals surface area contributed by atoms with Gasteiger partial charge in [0.05, 0.1) is 0 Å². The number of fused-ring (bicyclic) bond motifs is 1. The molecule has 3 N–H and O–H groups in total. The molecule has 4 rings (SSSR count). The Morgan fingerprint density at radius 2 is 1.79 bits per heavy atom. The Hall–Kier alpha value is -2.82. The number of para-hydroxylation sites is 1. The maximum Gasteiger partial charge on any atom is 0.225 e. The highest BCUT2D eigenvalue weighted by Crippen LogP contribution is 2.40. The lowest BCUT2D eigenvalue weighted by molar-refractivity contribution is -0.116. The summed E-state index contributed by atoms with van der Waals surface area (Å²) in [7, 11) is 1.81. The van der Waals surface area contributed by atoms with Crippen molar-refractivity contribution in [2.24, 2.45) is 4.99 Å². The summed E-state index contributed by atoms with van der Waals surface area (Å²) in [6.45, 7) is 1.56. The van der Waals surface area contributed by atoms with Crippen LogP contribution in [0.5, 0.6) is 0 Å². The summed E-state index contributed by atoms with van der Waals surface area (Å²) in [6, 6.07) is 18.9. The summed E-state index contributed by atoms with van der Waals surface area (Å²) in [5.41, 5.74) is 3.70. The van der Waals surface area contributed by atoms with E-state index in [2.05, 4.69) is 57.3 Å². The van der Waals surface area contributed by atoms with Crippen LogP contribution in [0.1, 0.15) is 49.1 Å². The highest BCUT2D eigenvalue weighted by molar-refractivity contribution is 5.94. The first-order chi connectivity index (χ1) is 14.2. The van der Waals surface area contributed by atoms with Crippen molar-refractivity contribution < 1.29 is 4.79 Å². The fourth-order valence-electron chi connectivity index (χ4n) is 4.79. The molecule has 1 fully saturated rings. The summed E-state index contributed by atoms with van der Waals surface area (Å²) in [5.74, 6) is 1.02. The van der Waals surface area contributed by atoms with Crippen molar-refractivity contribution in [1.82, 2.24) is 10.6 Å². The fraction of sp³-hybridized carbons (Fsp3) is 0.417. The van der Waals surface area contributed by atoms with Crippen molar-refractivity contribution in [1.29, 1.82) is 0 Å². The minimum atomic E-state index is 0.0763. The summed E-state index contributed by atoms with van der Waals surface area (Å²) >= 11 is 0. The highest BCUT2D eigenvalue weighted by Gasteiger charge is 2.35. The molecule has 2 aliphatic rings. The number of hydrogen-bond donors (Lipinski definition) is 3. The Morgan fingerprint density at radius 1 is 1.07 bits per heavy atom. The number of amides is 1. The van der Waals surface area contributed by atoms with Crippen LogP contribution in [-0.2, 0) is 10.2 Å². The number of nitrogens with zero attached hydrogens (tertiary/aromatic N) is 1. The van der Waals surface area contributed by atoms with Crippen LogP contribution in [0.4, 0.5) is 5.69 Å². The molecule has 5 nitrogen and oxygen atoms in total. The van der Waals surface area contributed by atoms with E-state index in [0.29, 0.717) is 13.0 Å². The van der Waals surface area contributed by atoms with Crippen molar-refractivity contribution in [3.63, 3.8) is 0 Å². The Balaban J connectivity index is 1.40. The average molecular weight is 391 g/mol. The Bertz CT molecular complexity index is 871. The minimum Gasteiger partial charge on any atom is -0.356 e. The number of carbonyl (C=O) groups is 1. The third kappa shape index (κ3) is 4.29. The largest absolute Gasteiger partial charge is 0.356 e. The molecule has 1 aliphatic heterocycles. The number of rotatable bonds is 5. The van der Waals surface area contributed by atoms with Gasteiger partial charge in [-0.25, -0.2) is 0 Å². The normalized spacial score (nSPS) is 20.7. The fourth-order valence-corrected chi connectivity index (χ4v) is 4.79. The van der Waals surface area contributed by atoms with Crippen LogP contribution >= 0.6 is 0 Å². The lowest BCUT2D eigenvalue weighted by atomic mass is 9.79. The molecular formula is C24H30N4O. The quantitative estimate of drug-likeness (QED) is 0.538. The van der Waals surface area contributed by atoms with Gasteiger partial charge in [0.25, 0.3) is 0 Å². The first-order valence-electron chi connectivity index (χ1n) is 10.6. The molecule has 0 spiro atoms. The highest BCUT2D eigenvalue weighted by atomic mass is 16.1. The number of guanidine groups is 1. The van der Waals surface area contributed by atoms with E-state index in [0.717, 1.165) is 18.2 Å². The van der Waals surface area contributed by atoms with Gasteiger partial charge in [0.1, 0.15) is 0 Å². The smallest absolute Gasteiger partial charge is 0.225 e. The van der Waals surface area contributed by atoms with E-state index in [-0.39, 0.29) is 17.2 Å². The molecule has 1 atom stereocenters. The van der Waals surface area contributed by atoms with Gasteiger partial charge in [-0.3, -0.25) is 9.79 Å². The van der Waals surface area contributed by atoms with Gasteiger partial charge in [-0.2, -0.15) is 0 Å². The van der Waals surface area contributed by atoms with E-state index in [1.165, 1.54) is 36.8 Å². The molecule has 1 unspecified atom stereocenters. The number of anilines is 1. The van der Waals surface area contributed by atoms with E-state index >= 15 is 0 Å². The predicted octanol–water partition coefficient (Wildman–Crippen LogP) is 3.79. The molecule has 0 radical (unpaired) electrons. The zero-order valence-electron chi connectivity index (χ0n) is 17.1. The molecule has 0 aromatic heterocycles. The van der Waals surface area contributed by atoms with E-state index in [1.54, 1.807) is 7.05 Å². The van der Waals surface area contributed by atoms with Crippen LogP contribution < -0.4 is 16.0 Å². The second-order valence-corrected chi connectivity index (χ2v) is 8.20. The Labute approximate surface area is 173 Å². The maximum atomic E-state index is 12.1.